The normalized spacial score (nSPS) is 39.7. The molecule has 4 nitrogen and oxygen atoms in total. The zero-order valence-corrected chi connectivity index (χ0v) is 11.5. The molecular formula is C15H22N4. The van der Waals surface area contributed by atoms with Crippen LogP contribution in [-0.4, -0.2) is 9.97 Å². The number of nitrogen functional groups attached to an aromatic ring is 2. The molecule has 0 spiro atoms. The van der Waals surface area contributed by atoms with Crippen LogP contribution in [0.4, 0.5) is 11.8 Å². The summed E-state index contributed by atoms with van der Waals surface area (Å²) >= 11 is 0. The van der Waals surface area contributed by atoms with Gasteiger partial charge in [0.25, 0.3) is 0 Å². The van der Waals surface area contributed by atoms with Crippen LogP contribution >= 0.6 is 0 Å². The smallest absolute Gasteiger partial charge is 0.222 e. The van der Waals surface area contributed by atoms with Crippen LogP contribution < -0.4 is 11.5 Å². The summed E-state index contributed by atoms with van der Waals surface area (Å²) in [6.45, 7) is 2.06. The summed E-state index contributed by atoms with van der Waals surface area (Å²) in [7, 11) is 0. The number of aromatic nitrogens is 2. The van der Waals surface area contributed by atoms with E-state index in [2.05, 4.69) is 16.9 Å². The van der Waals surface area contributed by atoms with Crippen molar-refractivity contribution < 1.29 is 0 Å². The topological polar surface area (TPSA) is 77.8 Å². The van der Waals surface area contributed by atoms with Gasteiger partial charge in [-0.3, -0.25) is 0 Å². The number of nitrogens with two attached hydrogens (primary N) is 2. The summed E-state index contributed by atoms with van der Waals surface area (Å²) in [5.74, 6) is 3.63. The van der Waals surface area contributed by atoms with E-state index in [0.717, 1.165) is 29.0 Å². The summed E-state index contributed by atoms with van der Waals surface area (Å²) in [5, 5.41) is 0. The highest BCUT2D eigenvalue weighted by Crippen LogP contribution is 2.60. The number of hydrogen-bond acceptors (Lipinski definition) is 4. The van der Waals surface area contributed by atoms with Gasteiger partial charge in [-0.2, -0.15) is 4.98 Å². The Hall–Kier alpha value is -1.32. The quantitative estimate of drug-likeness (QED) is 0.811. The molecule has 102 valence electrons. The van der Waals surface area contributed by atoms with Crippen LogP contribution in [-0.2, 0) is 5.41 Å². The Morgan fingerprint density at radius 1 is 0.947 bits per heavy atom. The number of hydrogen-bond donors (Lipinski definition) is 2. The van der Waals surface area contributed by atoms with Gasteiger partial charge in [0.1, 0.15) is 5.82 Å². The summed E-state index contributed by atoms with van der Waals surface area (Å²) in [6.07, 6.45) is 8.18. The third-order valence-electron chi connectivity index (χ3n) is 5.74. The Morgan fingerprint density at radius 2 is 1.47 bits per heavy atom. The van der Waals surface area contributed by atoms with Gasteiger partial charge in [0.2, 0.25) is 5.95 Å². The van der Waals surface area contributed by atoms with Crippen LogP contribution in [0.2, 0.25) is 0 Å². The van der Waals surface area contributed by atoms with Gasteiger partial charge in [-0.05, 0) is 63.2 Å². The third kappa shape index (κ3) is 1.58. The molecule has 5 rings (SSSR count). The minimum atomic E-state index is 0.254. The van der Waals surface area contributed by atoms with Gasteiger partial charge in [-0.25, -0.2) is 4.98 Å². The van der Waals surface area contributed by atoms with Crippen molar-refractivity contribution in [3.63, 3.8) is 0 Å². The van der Waals surface area contributed by atoms with Crippen LogP contribution in [0.15, 0.2) is 0 Å². The molecule has 4 fully saturated rings. The lowest BCUT2D eigenvalue weighted by molar-refractivity contribution is -0.00745. The maximum atomic E-state index is 6.01. The Labute approximate surface area is 114 Å². The van der Waals surface area contributed by atoms with E-state index in [4.69, 9.17) is 11.5 Å². The van der Waals surface area contributed by atoms with E-state index in [-0.39, 0.29) is 5.41 Å². The Bertz CT molecular complexity index is 502. The van der Waals surface area contributed by atoms with Crippen molar-refractivity contribution in [2.24, 2.45) is 17.8 Å². The van der Waals surface area contributed by atoms with E-state index in [0.29, 0.717) is 11.8 Å². The third-order valence-corrected chi connectivity index (χ3v) is 5.74. The number of rotatable bonds is 1. The molecule has 0 aromatic carbocycles. The van der Waals surface area contributed by atoms with Gasteiger partial charge in [0, 0.05) is 11.0 Å². The van der Waals surface area contributed by atoms with Crippen LogP contribution in [0.3, 0.4) is 0 Å². The van der Waals surface area contributed by atoms with Gasteiger partial charge in [0.15, 0.2) is 0 Å². The lowest BCUT2D eigenvalue weighted by Gasteiger charge is -2.56. The van der Waals surface area contributed by atoms with Crippen LogP contribution in [0.5, 0.6) is 0 Å². The molecule has 4 N–H and O–H groups in total. The molecule has 4 aliphatic rings. The van der Waals surface area contributed by atoms with E-state index in [9.17, 15) is 0 Å². The average Bonchev–Trinajstić information content (AvgIpc) is 2.32. The second kappa shape index (κ2) is 3.62. The number of nitrogens with zero attached hydrogens (tertiary/aromatic N) is 2. The van der Waals surface area contributed by atoms with Crippen molar-refractivity contribution in [2.75, 3.05) is 11.5 Å². The molecule has 1 heterocycles. The fraction of sp³-hybridized carbons (Fsp3) is 0.733. The largest absolute Gasteiger partial charge is 0.383 e. The maximum absolute atomic E-state index is 6.01. The molecule has 0 atom stereocenters. The zero-order valence-electron chi connectivity index (χ0n) is 11.5. The summed E-state index contributed by atoms with van der Waals surface area (Å²) in [4.78, 5) is 8.72. The predicted octanol–water partition coefficient (Wildman–Crippen LogP) is 2.42. The summed E-state index contributed by atoms with van der Waals surface area (Å²) in [6, 6.07) is 0. The molecule has 0 aliphatic heterocycles. The van der Waals surface area contributed by atoms with Crippen LogP contribution in [0, 0.1) is 24.7 Å². The minimum Gasteiger partial charge on any atom is -0.383 e. The maximum Gasteiger partial charge on any atom is 0.222 e. The molecule has 4 aliphatic carbocycles. The van der Waals surface area contributed by atoms with E-state index in [1.807, 2.05) is 0 Å². The Morgan fingerprint density at radius 3 is 2.00 bits per heavy atom. The highest BCUT2D eigenvalue weighted by Gasteiger charge is 2.53. The second-order valence-electron chi connectivity index (χ2n) is 7.14. The van der Waals surface area contributed by atoms with Gasteiger partial charge in [-0.1, -0.05) is 0 Å². The average molecular weight is 258 g/mol. The predicted molar refractivity (Wildman–Crippen MR) is 75.4 cm³/mol. The van der Waals surface area contributed by atoms with Crippen molar-refractivity contribution >= 4 is 11.8 Å². The van der Waals surface area contributed by atoms with Crippen LogP contribution in [0.25, 0.3) is 0 Å². The van der Waals surface area contributed by atoms with E-state index >= 15 is 0 Å². The first-order valence-electron chi connectivity index (χ1n) is 7.46. The van der Waals surface area contributed by atoms with Crippen LogP contribution in [0.1, 0.15) is 49.8 Å². The van der Waals surface area contributed by atoms with Gasteiger partial charge in [0.05, 0.1) is 5.69 Å². The first kappa shape index (κ1) is 11.5. The van der Waals surface area contributed by atoms with Crippen molar-refractivity contribution in [3.05, 3.63) is 11.3 Å². The first-order valence-corrected chi connectivity index (χ1v) is 7.46. The lowest BCUT2D eigenvalue weighted by Crippen LogP contribution is -2.49. The second-order valence-corrected chi connectivity index (χ2v) is 7.14. The van der Waals surface area contributed by atoms with Crippen molar-refractivity contribution in [2.45, 2.75) is 50.9 Å². The minimum absolute atomic E-state index is 0.254. The molecule has 0 amide bonds. The molecule has 4 heteroatoms. The van der Waals surface area contributed by atoms with Gasteiger partial charge in [-0.15, -0.1) is 0 Å². The van der Waals surface area contributed by atoms with E-state index < -0.39 is 0 Å². The van der Waals surface area contributed by atoms with Gasteiger partial charge >= 0.3 is 0 Å². The first-order chi connectivity index (χ1) is 9.06. The van der Waals surface area contributed by atoms with Crippen molar-refractivity contribution in [3.8, 4) is 0 Å². The fourth-order valence-electron chi connectivity index (χ4n) is 5.47. The summed E-state index contributed by atoms with van der Waals surface area (Å²) < 4.78 is 0. The molecular weight excluding hydrogens is 236 g/mol. The molecule has 0 radical (unpaired) electrons. The summed E-state index contributed by atoms with van der Waals surface area (Å²) in [5.41, 5.74) is 14.3. The molecule has 1 aromatic heterocycles. The molecule has 0 unspecified atom stereocenters. The molecule has 4 bridgehead atoms. The Balaban J connectivity index is 1.84. The molecule has 19 heavy (non-hydrogen) atoms. The molecule has 0 saturated heterocycles. The monoisotopic (exact) mass is 258 g/mol. The Kier molecular flexibility index (Phi) is 2.19. The highest BCUT2D eigenvalue weighted by atomic mass is 15.0. The lowest BCUT2D eigenvalue weighted by atomic mass is 9.48. The number of anilines is 2. The van der Waals surface area contributed by atoms with Crippen molar-refractivity contribution in [1.82, 2.24) is 9.97 Å². The van der Waals surface area contributed by atoms with Gasteiger partial charge < -0.3 is 11.5 Å². The highest BCUT2D eigenvalue weighted by molar-refractivity contribution is 5.48. The zero-order chi connectivity index (χ0) is 13.2. The van der Waals surface area contributed by atoms with Crippen molar-refractivity contribution in [1.29, 1.82) is 0 Å². The molecule has 1 aromatic rings. The fourth-order valence-corrected chi connectivity index (χ4v) is 5.47. The van der Waals surface area contributed by atoms with E-state index in [1.165, 1.54) is 38.5 Å². The SMILES string of the molecule is Cc1c(N)nc(N)nc1C12CC3CC(CC(C3)C1)C2. The molecule has 4 saturated carbocycles. The van der Waals surface area contributed by atoms with E-state index in [1.54, 1.807) is 0 Å². The standard InChI is InChI=1S/C15H22N4/c1-8-12(18-14(17)19-13(8)16)15-5-9-2-10(6-15)4-11(3-9)7-15/h9-11H,2-7H2,1H3,(H4,16,17,18,19).